The number of halogens is 1. The van der Waals surface area contributed by atoms with E-state index in [0.717, 1.165) is 38.7 Å². The highest BCUT2D eigenvalue weighted by Crippen LogP contribution is 2.09. The first kappa shape index (κ1) is 10.6. The fourth-order valence-electron chi connectivity index (χ4n) is 1.75. The summed E-state index contributed by atoms with van der Waals surface area (Å²) in [6.45, 7) is 5.04. The quantitative estimate of drug-likeness (QED) is 0.715. The number of hydrogen-bond donors (Lipinski definition) is 0. The van der Waals surface area contributed by atoms with E-state index < -0.39 is 0 Å². The lowest BCUT2D eigenvalue weighted by atomic mass is 10.3. The first-order chi connectivity index (χ1) is 7.40. The second kappa shape index (κ2) is 5.28. The maximum Gasteiger partial charge on any atom is 0.225 e. The molecule has 2 heterocycles. The van der Waals surface area contributed by atoms with Gasteiger partial charge >= 0.3 is 0 Å². The van der Waals surface area contributed by atoms with Gasteiger partial charge in [-0.25, -0.2) is 9.97 Å². The van der Waals surface area contributed by atoms with E-state index in [1.165, 1.54) is 0 Å². The highest BCUT2D eigenvalue weighted by molar-refractivity contribution is 6.18. The number of hydrogen-bond acceptors (Lipinski definition) is 4. The molecule has 0 radical (unpaired) electrons. The van der Waals surface area contributed by atoms with Crippen LogP contribution in [0.3, 0.4) is 0 Å². The van der Waals surface area contributed by atoms with Crippen LogP contribution in [0.25, 0.3) is 0 Å². The van der Waals surface area contributed by atoms with Crippen molar-refractivity contribution in [3.63, 3.8) is 0 Å². The van der Waals surface area contributed by atoms with E-state index in [9.17, 15) is 0 Å². The zero-order chi connectivity index (χ0) is 10.5. The van der Waals surface area contributed by atoms with Crippen LogP contribution < -0.4 is 4.90 Å². The Bertz CT molecular complexity index is 285. The van der Waals surface area contributed by atoms with Crippen molar-refractivity contribution >= 4 is 17.5 Å². The van der Waals surface area contributed by atoms with Gasteiger partial charge in [-0.3, -0.25) is 4.90 Å². The van der Waals surface area contributed by atoms with E-state index in [2.05, 4.69) is 19.8 Å². The molecule has 1 aromatic heterocycles. The zero-order valence-corrected chi connectivity index (χ0v) is 9.40. The van der Waals surface area contributed by atoms with Gasteiger partial charge in [-0.1, -0.05) is 0 Å². The molecule has 0 unspecified atom stereocenters. The Morgan fingerprint density at radius 2 is 1.80 bits per heavy atom. The van der Waals surface area contributed by atoms with Crippen LogP contribution in [0.2, 0.25) is 0 Å². The molecule has 1 saturated heterocycles. The fourth-order valence-corrected chi connectivity index (χ4v) is 1.98. The molecule has 1 aliphatic rings. The lowest BCUT2D eigenvalue weighted by Gasteiger charge is -2.34. The Morgan fingerprint density at radius 3 is 2.40 bits per heavy atom. The summed E-state index contributed by atoms with van der Waals surface area (Å²) in [5.74, 6) is 1.55. The van der Waals surface area contributed by atoms with Crippen LogP contribution in [0.15, 0.2) is 18.5 Å². The van der Waals surface area contributed by atoms with E-state index >= 15 is 0 Å². The van der Waals surface area contributed by atoms with Crippen molar-refractivity contribution in [3.05, 3.63) is 18.5 Å². The third-order valence-electron chi connectivity index (χ3n) is 2.61. The lowest BCUT2D eigenvalue weighted by molar-refractivity contribution is 0.271. The molecule has 0 amide bonds. The van der Waals surface area contributed by atoms with Gasteiger partial charge in [-0.15, -0.1) is 11.6 Å². The minimum atomic E-state index is 0.710. The predicted octanol–water partition coefficient (Wildman–Crippen LogP) is 0.837. The van der Waals surface area contributed by atoms with Crippen LogP contribution in [0, 0.1) is 0 Å². The minimum absolute atomic E-state index is 0.710. The molecule has 0 bridgehead atoms. The van der Waals surface area contributed by atoms with Crippen molar-refractivity contribution in [1.29, 1.82) is 0 Å². The standard InChI is InChI=1S/C10H15ClN4/c11-2-5-14-6-8-15(9-7-14)10-12-3-1-4-13-10/h1,3-4H,2,5-9H2. The first-order valence-electron chi connectivity index (χ1n) is 5.20. The Balaban J connectivity index is 1.88. The average Bonchev–Trinajstić information content (AvgIpc) is 2.32. The molecular weight excluding hydrogens is 212 g/mol. The third-order valence-corrected chi connectivity index (χ3v) is 2.78. The monoisotopic (exact) mass is 226 g/mol. The molecule has 0 N–H and O–H groups in total. The molecule has 2 rings (SSSR count). The number of aromatic nitrogens is 2. The smallest absolute Gasteiger partial charge is 0.225 e. The molecule has 0 aromatic carbocycles. The van der Waals surface area contributed by atoms with Crippen LogP contribution >= 0.6 is 11.6 Å². The number of rotatable bonds is 3. The van der Waals surface area contributed by atoms with E-state index in [4.69, 9.17) is 11.6 Å². The maximum absolute atomic E-state index is 5.71. The van der Waals surface area contributed by atoms with Crippen LogP contribution in [0.4, 0.5) is 5.95 Å². The van der Waals surface area contributed by atoms with Gasteiger partial charge in [0.15, 0.2) is 0 Å². The maximum atomic E-state index is 5.71. The highest BCUT2D eigenvalue weighted by Gasteiger charge is 2.17. The zero-order valence-electron chi connectivity index (χ0n) is 8.64. The molecule has 0 saturated carbocycles. The molecule has 15 heavy (non-hydrogen) atoms. The summed E-state index contributed by atoms with van der Waals surface area (Å²) in [5, 5.41) is 0. The van der Waals surface area contributed by atoms with Crippen molar-refractivity contribution in [1.82, 2.24) is 14.9 Å². The largest absolute Gasteiger partial charge is 0.338 e. The van der Waals surface area contributed by atoms with E-state index in [1.807, 2.05) is 6.07 Å². The Labute approximate surface area is 94.9 Å². The van der Waals surface area contributed by atoms with Crippen LogP contribution in [0.5, 0.6) is 0 Å². The van der Waals surface area contributed by atoms with Crippen LogP contribution in [-0.4, -0.2) is 53.5 Å². The fraction of sp³-hybridized carbons (Fsp3) is 0.600. The second-order valence-corrected chi connectivity index (χ2v) is 3.94. The second-order valence-electron chi connectivity index (χ2n) is 3.57. The van der Waals surface area contributed by atoms with Crippen molar-refractivity contribution in [2.24, 2.45) is 0 Å². The number of piperazine rings is 1. The minimum Gasteiger partial charge on any atom is -0.338 e. The number of anilines is 1. The van der Waals surface area contributed by atoms with Crippen molar-refractivity contribution in [3.8, 4) is 0 Å². The molecular formula is C10H15ClN4. The van der Waals surface area contributed by atoms with Crippen LogP contribution in [0.1, 0.15) is 0 Å². The Morgan fingerprint density at radius 1 is 1.13 bits per heavy atom. The third kappa shape index (κ3) is 2.79. The Kier molecular flexibility index (Phi) is 3.75. The number of nitrogens with zero attached hydrogens (tertiary/aromatic N) is 4. The first-order valence-corrected chi connectivity index (χ1v) is 5.74. The molecule has 82 valence electrons. The van der Waals surface area contributed by atoms with Crippen molar-refractivity contribution in [2.45, 2.75) is 0 Å². The molecule has 0 spiro atoms. The van der Waals surface area contributed by atoms with Crippen molar-refractivity contribution in [2.75, 3.05) is 43.5 Å². The van der Waals surface area contributed by atoms with Gasteiger partial charge in [0.1, 0.15) is 0 Å². The average molecular weight is 227 g/mol. The van der Waals surface area contributed by atoms with Gasteiger partial charge in [0.2, 0.25) is 5.95 Å². The topological polar surface area (TPSA) is 32.3 Å². The van der Waals surface area contributed by atoms with Gasteiger partial charge < -0.3 is 4.90 Å². The van der Waals surface area contributed by atoms with E-state index in [0.29, 0.717) is 5.88 Å². The van der Waals surface area contributed by atoms with E-state index in [-0.39, 0.29) is 0 Å². The van der Waals surface area contributed by atoms with Gasteiger partial charge in [0, 0.05) is 51.0 Å². The van der Waals surface area contributed by atoms with E-state index in [1.54, 1.807) is 12.4 Å². The summed E-state index contributed by atoms with van der Waals surface area (Å²) in [6, 6.07) is 1.84. The summed E-state index contributed by atoms with van der Waals surface area (Å²) in [4.78, 5) is 13.1. The van der Waals surface area contributed by atoms with Gasteiger partial charge in [-0.2, -0.15) is 0 Å². The number of alkyl halides is 1. The predicted molar refractivity (Wildman–Crippen MR) is 61.4 cm³/mol. The highest BCUT2D eigenvalue weighted by atomic mass is 35.5. The van der Waals surface area contributed by atoms with Crippen molar-refractivity contribution < 1.29 is 0 Å². The van der Waals surface area contributed by atoms with Gasteiger partial charge in [0.25, 0.3) is 0 Å². The summed E-state index contributed by atoms with van der Waals surface area (Å²) < 4.78 is 0. The normalized spacial score (nSPS) is 18.1. The lowest BCUT2D eigenvalue weighted by Crippen LogP contribution is -2.47. The summed E-state index contributed by atoms with van der Waals surface area (Å²) in [6.07, 6.45) is 3.57. The molecule has 5 heteroatoms. The molecule has 1 aromatic rings. The summed E-state index contributed by atoms with van der Waals surface area (Å²) >= 11 is 5.71. The molecule has 1 aliphatic heterocycles. The van der Waals surface area contributed by atoms with Gasteiger partial charge in [-0.05, 0) is 6.07 Å². The molecule has 4 nitrogen and oxygen atoms in total. The molecule has 1 fully saturated rings. The summed E-state index contributed by atoms with van der Waals surface area (Å²) in [5.41, 5.74) is 0. The Hall–Kier alpha value is -0.870. The SMILES string of the molecule is ClCCN1CCN(c2ncccn2)CC1. The summed E-state index contributed by atoms with van der Waals surface area (Å²) in [7, 11) is 0. The van der Waals surface area contributed by atoms with Gasteiger partial charge in [0.05, 0.1) is 0 Å². The van der Waals surface area contributed by atoms with Crippen LogP contribution in [-0.2, 0) is 0 Å². The molecule has 0 aliphatic carbocycles. The molecule has 0 atom stereocenters.